The zero-order chi connectivity index (χ0) is 20.2. The maximum atomic E-state index is 12.6. The molecule has 0 saturated carbocycles. The predicted octanol–water partition coefficient (Wildman–Crippen LogP) is 3.46. The first-order chi connectivity index (χ1) is 14.1. The van der Waals surface area contributed by atoms with Gasteiger partial charge in [0.05, 0.1) is 12.8 Å². The van der Waals surface area contributed by atoms with Gasteiger partial charge in [0.1, 0.15) is 11.4 Å². The maximum absolute atomic E-state index is 12.6. The number of benzene rings is 1. The van der Waals surface area contributed by atoms with Gasteiger partial charge in [0.25, 0.3) is 0 Å². The minimum Gasteiger partial charge on any atom is -0.496 e. The first kappa shape index (κ1) is 19.7. The van der Waals surface area contributed by atoms with Crippen LogP contribution in [-0.2, 0) is 11.3 Å². The molecule has 0 atom stereocenters. The van der Waals surface area contributed by atoms with Crippen molar-refractivity contribution in [2.75, 3.05) is 33.3 Å². The molecule has 1 saturated heterocycles. The normalized spacial score (nSPS) is 15.3. The number of carbonyl (C=O) groups is 1. The molecule has 4 rings (SSSR count). The third-order valence-electron chi connectivity index (χ3n) is 5.08. The molecule has 1 aromatic carbocycles. The molecule has 0 N–H and O–H groups in total. The summed E-state index contributed by atoms with van der Waals surface area (Å²) >= 11 is 3.46. The van der Waals surface area contributed by atoms with Crippen LogP contribution in [0, 0.1) is 0 Å². The first-order valence-corrected chi connectivity index (χ1v) is 10.4. The van der Waals surface area contributed by atoms with Crippen molar-refractivity contribution >= 4 is 33.6 Å². The minimum absolute atomic E-state index is 0.0272. The predicted molar refractivity (Wildman–Crippen MR) is 117 cm³/mol. The van der Waals surface area contributed by atoms with Crippen molar-refractivity contribution < 1.29 is 9.53 Å². The molecule has 1 aliphatic rings. The molecule has 6 nitrogen and oxygen atoms in total. The number of rotatable bonds is 5. The van der Waals surface area contributed by atoms with Crippen LogP contribution in [0.5, 0.6) is 5.75 Å². The van der Waals surface area contributed by atoms with E-state index in [-0.39, 0.29) is 5.91 Å². The molecule has 1 fully saturated rings. The van der Waals surface area contributed by atoms with Crippen LogP contribution in [0.1, 0.15) is 11.3 Å². The Hall–Kier alpha value is -2.64. The molecule has 1 amide bonds. The summed E-state index contributed by atoms with van der Waals surface area (Å²) < 4.78 is 8.35. The lowest BCUT2D eigenvalue weighted by Crippen LogP contribution is -2.47. The molecule has 0 radical (unpaired) electrons. The van der Waals surface area contributed by atoms with Crippen molar-refractivity contribution in [2.24, 2.45) is 0 Å². The van der Waals surface area contributed by atoms with Crippen LogP contribution in [-0.4, -0.2) is 58.4 Å². The Balaban J connectivity index is 1.33. The summed E-state index contributed by atoms with van der Waals surface area (Å²) in [7, 11) is 1.63. The van der Waals surface area contributed by atoms with E-state index in [9.17, 15) is 4.79 Å². The van der Waals surface area contributed by atoms with Gasteiger partial charge in [-0.3, -0.25) is 9.69 Å². The number of halogens is 1. The standard InChI is InChI=1S/C22H23BrN4O2/c1-29-20-7-6-18(23)14-17(20)5-8-22(28)26-12-10-25(11-13-26)15-19-16-27-9-3-2-4-21(27)24-19/h2-9,14,16H,10-13,15H2,1H3/b8-5+. The minimum atomic E-state index is 0.0272. The fraction of sp³-hybridized carbons (Fsp3) is 0.273. The van der Waals surface area contributed by atoms with Crippen LogP contribution in [0.4, 0.5) is 0 Å². The van der Waals surface area contributed by atoms with E-state index in [0.29, 0.717) is 13.1 Å². The van der Waals surface area contributed by atoms with Gasteiger partial charge in [-0.15, -0.1) is 0 Å². The van der Waals surface area contributed by atoms with Gasteiger partial charge in [-0.1, -0.05) is 22.0 Å². The highest BCUT2D eigenvalue weighted by Crippen LogP contribution is 2.24. The van der Waals surface area contributed by atoms with Gasteiger partial charge in [-0.25, -0.2) is 4.98 Å². The van der Waals surface area contributed by atoms with Crippen LogP contribution >= 0.6 is 15.9 Å². The molecule has 0 spiro atoms. The third-order valence-corrected chi connectivity index (χ3v) is 5.57. The lowest BCUT2D eigenvalue weighted by molar-refractivity contribution is -0.127. The molecule has 3 heterocycles. The van der Waals surface area contributed by atoms with Crippen molar-refractivity contribution in [2.45, 2.75) is 6.54 Å². The fourth-order valence-electron chi connectivity index (χ4n) is 3.52. The number of piperazine rings is 1. The second-order valence-corrected chi connectivity index (χ2v) is 7.94. The number of methoxy groups -OCH3 is 1. The molecule has 0 bridgehead atoms. The highest BCUT2D eigenvalue weighted by Gasteiger charge is 2.20. The summed E-state index contributed by atoms with van der Waals surface area (Å²) in [5.41, 5.74) is 2.89. The molecule has 0 unspecified atom stereocenters. The van der Waals surface area contributed by atoms with Gasteiger partial charge in [-0.05, 0) is 36.4 Å². The number of nitrogens with zero attached hydrogens (tertiary/aromatic N) is 4. The lowest BCUT2D eigenvalue weighted by atomic mass is 10.2. The van der Waals surface area contributed by atoms with Crippen LogP contribution in [0.2, 0.25) is 0 Å². The summed E-state index contributed by atoms with van der Waals surface area (Å²) in [6.45, 7) is 3.91. The Morgan fingerprint density at radius 1 is 1.21 bits per heavy atom. The van der Waals surface area contributed by atoms with Crippen LogP contribution < -0.4 is 4.74 Å². The molecule has 1 aliphatic heterocycles. The van der Waals surface area contributed by atoms with Crippen LogP contribution in [0.15, 0.2) is 59.3 Å². The smallest absolute Gasteiger partial charge is 0.246 e. The number of fused-ring (bicyclic) bond motifs is 1. The van der Waals surface area contributed by atoms with Gasteiger partial charge in [0, 0.05) is 61.2 Å². The van der Waals surface area contributed by atoms with Crippen molar-refractivity contribution in [3.8, 4) is 5.75 Å². The molecular weight excluding hydrogens is 432 g/mol. The van der Waals surface area contributed by atoms with E-state index in [0.717, 1.165) is 46.8 Å². The number of carbonyl (C=O) groups excluding carboxylic acids is 1. The zero-order valence-electron chi connectivity index (χ0n) is 16.3. The average Bonchev–Trinajstić information content (AvgIpc) is 3.15. The van der Waals surface area contributed by atoms with E-state index < -0.39 is 0 Å². The quantitative estimate of drug-likeness (QED) is 0.553. The molecule has 150 valence electrons. The second-order valence-electron chi connectivity index (χ2n) is 7.02. The number of pyridine rings is 1. The SMILES string of the molecule is COc1ccc(Br)cc1/C=C/C(=O)N1CCN(Cc2cn3ccccc3n2)CC1. The van der Waals surface area contributed by atoms with Gasteiger partial charge < -0.3 is 14.0 Å². The third kappa shape index (κ3) is 4.68. The largest absolute Gasteiger partial charge is 0.496 e. The summed E-state index contributed by atoms with van der Waals surface area (Å²) in [4.78, 5) is 21.5. The molecule has 29 heavy (non-hydrogen) atoms. The lowest BCUT2D eigenvalue weighted by Gasteiger charge is -2.33. The average molecular weight is 455 g/mol. The number of imidazole rings is 1. The fourth-order valence-corrected chi connectivity index (χ4v) is 3.90. The van der Waals surface area contributed by atoms with E-state index in [1.54, 1.807) is 13.2 Å². The topological polar surface area (TPSA) is 50.1 Å². The van der Waals surface area contributed by atoms with Crippen molar-refractivity contribution in [1.82, 2.24) is 19.2 Å². The number of amides is 1. The Kier molecular flexibility index (Phi) is 5.97. The van der Waals surface area contributed by atoms with E-state index in [1.165, 1.54) is 0 Å². The summed E-state index contributed by atoms with van der Waals surface area (Å²) in [5, 5.41) is 0. The van der Waals surface area contributed by atoms with E-state index in [1.807, 2.05) is 58.0 Å². The van der Waals surface area contributed by atoms with Crippen molar-refractivity contribution in [3.63, 3.8) is 0 Å². The number of ether oxygens (including phenoxy) is 1. The second kappa shape index (κ2) is 8.80. The van der Waals surface area contributed by atoms with Crippen LogP contribution in [0.25, 0.3) is 11.7 Å². The monoisotopic (exact) mass is 454 g/mol. The van der Waals surface area contributed by atoms with Gasteiger partial charge in [-0.2, -0.15) is 0 Å². The first-order valence-electron chi connectivity index (χ1n) is 9.58. The number of hydrogen-bond donors (Lipinski definition) is 0. The van der Waals surface area contributed by atoms with E-state index >= 15 is 0 Å². The molecule has 2 aromatic heterocycles. The summed E-state index contributed by atoms with van der Waals surface area (Å²) in [5.74, 6) is 0.772. The van der Waals surface area contributed by atoms with Crippen LogP contribution in [0.3, 0.4) is 0 Å². The van der Waals surface area contributed by atoms with E-state index in [2.05, 4.69) is 32.0 Å². The number of hydrogen-bond acceptors (Lipinski definition) is 4. The Bertz CT molecular complexity index is 1010. The molecule has 0 aliphatic carbocycles. The summed E-state index contributed by atoms with van der Waals surface area (Å²) in [6.07, 6.45) is 7.52. The van der Waals surface area contributed by atoms with Crippen molar-refractivity contribution in [1.29, 1.82) is 0 Å². The highest BCUT2D eigenvalue weighted by molar-refractivity contribution is 9.10. The van der Waals surface area contributed by atoms with Gasteiger partial charge in [0.15, 0.2) is 0 Å². The van der Waals surface area contributed by atoms with Gasteiger partial charge in [0.2, 0.25) is 5.91 Å². The zero-order valence-corrected chi connectivity index (χ0v) is 17.9. The molecular formula is C22H23BrN4O2. The Morgan fingerprint density at radius 3 is 2.79 bits per heavy atom. The summed E-state index contributed by atoms with van der Waals surface area (Å²) in [6, 6.07) is 11.7. The van der Waals surface area contributed by atoms with E-state index in [4.69, 9.17) is 4.74 Å². The number of aromatic nitrogens is 2. The highest BCUT2D eigenvalue weighted by atomic mass is 79.9. The molecule has 3 aromatic rings. The maximum Gasteiger partial charge on any atom is 0.246 e. The molecule has 7 heteroatoms. The Morgan fingerprint density at radius 2 is 2.03 bits per heavy atom. The Labute approximate surface area is 178 Å². The van der Waals surface area contributed by atoms with Crippen molar-refractivity contribution in [3.05, 3.63) is 70.6 Å². The van der Waals surface area contributed by atoms with Gasteiger partial charge >= 0.3 is 0 Å².